The molecule has 0 aliphatic carbocycles. The zero-order valence-electron chi connectivity index (χ0n) is 29.7. The van der Waals surface area contributed by atoms with Gasteiger partial charge in [-0.25, -0.2) is 4.98 Å². The van der Waals surface area contributed by atoms with Crippen molar-refractivity contribution in [2.24, 2.45) is 11.5 Å². The molecule has 1 aliphatic heterocycles. The molecule has 0 saturated heterocycles. The summed E-state index contributed by atoms with van der Waals surface area (Å²) in [5.41, 5.74) is 12.3. The minimum absolute atomic E-state index is 0.00365. The van der Waals surface area contributed by atoms with Gasteiger partial charge in [-0.3, -0.25) is 14.4 Å². The summed E-state index contributed by atoms with van der Waals surface area (Å²) in [6.45, 7) is 0.411. The van der Waals surface area contributed by atoms with E-state index in [9.17, 15) is 27.6 Å². The zero-order chi connectivity index (χ0) is 38.8. The molecule has 0 fully saturated rings. The van der Waals surface area contributed by atoms with E-state index >= 15 is 0 Å². The Morgan fingerprint density at radius 1 is 0.981 bits per heavy atom. The van der Waals surface area contributed by atoms with E-state index in [1.54, 1.807) is 18.3 Å². The van der Waals surface area contributed by atoms with Gasteiger partial charge in [-0.15, -0.1) is 0 Å². The number of carbonyl (C=O) groups excluding carboxylic acids is 3. The van der Waals surface area contributed by atoms with Gasteiger partial charge < -0.3 is 42.0 Å². The average molecular weight is 789 g/mol. The highest BCUT2D eigenvalue weighted by Crippen LogP contribution is 2.43. The van der Waals surface area contributed by atoms with Crippen molar-refractivity contribution in [3.05, 3.63) is 88.2 Å². The quantitative estimate of drug-likeness (QED) is 0.129. The van der Waals surface area contributed by atoms with Gasteiger partial charge in [0.2, 0.25) is 17.7 Å². The molecule has 3 atom stereocenters. The van der Waals surface area contributed by atoms with Crippen molar-refractivity contribution in [2.75, 3.05) is 33.4 Å². The van der Waals surface area contributed by atoms with Crippen LogP contribution in [0.5, 0.6) is 0 Å². The maximum absolute atomic E-state index is 14.6. The minimum Gasteiger partial charge on any atom is -0.380 e. The van der Waals surface area contributed by atoms with Crippen LogP contribution in [-0.4, -0.2) is 84.1 Å². The SMILES string of the molecule is CN1C(=O)[C@H](CCOCCN)NC(=O)[C@H](CCCN)NCc2cccnc2Sc2c(Cl)ccc(C(F)(F)F)c2CNC(=O)[C@@H]1Cc1c[nH]c2ccccc12. The molecule has 17 heteroatoms. The summed E-state index contributed by atoms with van der Waals surface area (Å²) < 4.78 is 49.3. The molecule has 54 heavy (non-hydrogen) atoms. The minimum atomic E-state index is -4.79. The lowest BCUT2D eigenvalue weighted by Gasteiger charge is -2.32. The van der Waals surface area contributed by atoms with Crippen LogP contribution in [0.4, 0.5) is 13.2 Å². The van der Waals surface area contributed by atoms with Crippen LogP contribution in [0.3, 0.4) is 0 Å². The molecular formula is C37H44ClF3N8O4S. The number of pyridine rings is 1. The molecule has 8 N–H and O–H groups in total. The maximum Gasteiger partial charge on any atom is 0.416 e. The third-order valence-corrected chi connectivity index (χ3v) is 10.9. The van der Waals surface area contributed by atoms with Crippen molar-refractivity contribution in [3.63, 3.8) is 0 Å². The molecule has 1 aliphatic rings. The van der Waals surface area contributed by atoms with Crippen LogP contribution in [0.2, 0.25) is 5.02 Å². The van der Waals surface area contributed by atoms with E-state index in [4.69, 9.17) is 27.8 Å². The Kier molecular flexibility index (Phi) is 14.4. The molecule has 12 nitrogen and oxygen atoms in total. The molecule has 0 radical (unpaired) electrons. The second-order valence-electron chi connectivity index (χ2n) is 12.8. The van der Waals surface area contributed by atoms with Crippen LogP contribution >= 0.6 is 23.4 Å². The number of alkyl halides is 3. The first-order valence-electron chi connectivity index (χ1n) is 17.5. The number of para-hydroxylation sites is 1. The van der Waals surface area contributed by atoms with Gasteiger partial charge in [-0.2, -0.15) is 13.2 Å². The number of halogens is 4. The van der Waals surface area contributed by atoms with Gasteiger partial charge in [0.05, 0.1) is 23.2 Å². The topological polar surface area (TPSA) is 180 Å². The first kappa shape index (κ1) is 41.0. The van der Waals surface area contributed by atoms with Gasteiger partial charge in [0.15, 0.2) is 0 Å². The first-order chi connectivity index (χ1) is 25.9. The summed E-state index contributed by atoms with van der Waals surface area (Å²) in [5, 5.41) is 9.99. The number of ether oxygens (including phenoxy) is 1. The van der Waals surface area contributed by atoms with Crippen LogP contribution < -0.4 is 27.4 Å². The van der Waals surface area contributed by atoms with E-state index in [0.29, 0.717) is 35.5 Å². The van der Waals surface area contributed by atoms with Crippen molar-refractivity contribution < 1.29 is 32.3 Å². The van der Waals surface area contributed by atoms with E-state index in [0.717, 1.165) is 34.8 Å². The lowest BCUT2D eigenvalue weighted by molar-refractivity contribution is -0.142. The third kappa shape index (κ3) is 10.1. The molecule has 0 saturated carbocycles. The van der Waals surface area contributed by atoms with Crippen LogP contribution in [0.25, 0.3) is 10.9 Å². The number of rotatable bonds is 10. The van der Waals surface area contributed by atoms with Gasteiger partial charge in [0.25, 0.3) is 0 Å². The number of nitrogens with two attached hydrogens (primary N) is 2. The predicted octanol–water partition coefficient (Wildman–Crippen LogP) is 4.13. The van der Waals surface area contributed by atoms with Crippen molar-refractivity contribution >= 4 is 52.0 Å². The number of hydrogen-bond acceptors (Lipinski definition) is 9. The Balaban J connectivity index is 1.62. The molecule has 0 spiro atoms. The molecule has 5 rings (SSSR count). The summed E-state index contributed by atoms with van der Waals surface area (Å²) >= 11 is 7.54. The number of likely N-dealkylation sites (N-methyl/N-ethyl adjacent to an activating group) is 1. The number of H-pyrrole nitrogens is 1. The second kappa shape index (κ2) is 18.9. The molecule has 290 valence electrons. The van der Waals surface area contributed by atoms with Crippen LogP contribution in [0.15, 0.2) is 70.8 Å². The van der Waals surface area contributed by atoms with Crippen LogP contribution in [0, 0.1) is 0 Å². The molecule has 0 bridgehead atoms. The van der Waals surface area contributed by atoms with Gasteiger partial charge in [0.1, 0.15) is 17.1 Å². The van der Waals surface area contributed by atoms with Gasteiger partial charge in [-0.1, -0.05) is 47.6 Å². The van der Waals surface area contributed by atoms with Crippen molar-refractivity contribution in [3.8, 4) is 0 Å². The van der Waals surface area contributed by atoms with E-state index in [1.165, 1.54) is 18.1 Å². The van der Waals surface area contributed by atoms with E-state index in [1.807, 2.05) is 24.3 Å². The standard InChI is InChI=1S/C37H44ClF3N8O4S/c1-49-31(18-23-20-45-28-8-3-2-7-24(23)28)34(51)47-21-25-26(37(39,40)41)10-11-27(38)32(25)54-35-22(6-5-15-44-35)19-46-29(9-4-13-42)33(50)48-30(36(49)52)12-16-53-17-14-43/h2-3,5-8,10-11,15,20,29-31,45-46H,4,9,12-14,16-19,21,42-43H2,1H3,(H,47,51)(H,48,50)/t29-,30-,31-/m0/s1. The Bertz CT molecular complexity index is 1930. The van der Waals surface area contributed by atoms with E-state index in [-0.39, 0.29) is 54.6 Å². The summed E-state index contributed by atoms with van der Waals surface area (Å²) in [6.07, 6.45) is -0.693. The number of fused-ring (bicyclic) bond motifs is 3. The lowest BCUT2D eigenvalue weighted by atomic mass is 10.0. The highest BCUT2D eigenvalue weighted by atomic mass is 35.5. The molecule has 3 amide bonds. The Morgan fingerprint density at radius 2 is 1.78 bits per heavy atom. The number of nitrogens with zero attached hydrogens (tertiary/aromatic N) is 2. The van der Waals surface area contributed by atoms with Gasteiger partial charge >= 0.3 is 6.18 Å². The van der Waals surface area contributed by atoms with Crippen molar-refractivity contribution in [1.29, 1.82) is 0 Å². The predicted molar refractivity (Wildman–Crippen MR) is 201 cm³/mol. The summed E-state index contributed by atoms with van der Waals surface area (Å²) in [4.78, 5) is 51.5. The maximum atomic E-state index is 14.6. The largest absolute Gasteiger partial charge is 0.416 e. The first-order valence-corrected chi connectivity index (χ1v) is 18.7. The zero-order valence-corrected chi connectivity index (χ0v) is 31.3. The van der Waals surface area contributed by atoms with E-state index < -0.39 is 54.1 Å². The number of benzene rings is 2. The summed E-state index contributed by atoms with van der Waals surface area (Å²) in [7, 11) is 1.43. The van der Waals surface area contributed by atoms with Gasteiger partial charge in [-0.05, 0) is 66.8 Å². The smallest absolute Gasteiger partial charge is 0.380 e. The fourth-order valence-corrected chi connectivity index (χ4v) is 7.64. The number of aromatic nitrogens is 2. The highest BCUT2D eigenvalue weighted by molar-refractivity contribution is 7.99. The van der Waals surface area contributed by atoms with E-state index in [2.05, 4.69) is 25.9 Å². The number of aromatic amines is 1. The monoisotopic (exact) mass is 788 g/mol. The number of nitrogens with one attached hydrogen (secondary N) is 4. The fraction of sp³-hybridized carbons (Fsp3) is 0.405. The number of carbonyl (C=O) groups is 3. The van der Waals surface area contributed by atoms with Crippen molar-refractivity contribution in [2.45, 2.75) is 73.0 Å². The third-order valence-electron chi connectivity index (χ3n) is 9.19. The average Bonchev–Trinajstić information content (AvgIpc) is 3.56. The van der Waals surface area contributed by atoms with Gasteiger partial charge in [0, 0.05) is 67.9 Å². The fourth-order valence-electron chi connectivity index (χ4n) is 6.30. The molecule has 2 aromatic heterocycles. The van der Waals surface area contributed by atoms with Crippen LogP contribution in [0.1, 0.15) is 41.5 Å². The highest BCUT2D eigenvalue weighted by Gasteiger charge is 2.37. The Morgan fingerprint density at radius 3 is 2.54 bits per heavy atom. The number of hydrogen-bond donors (Lipinski definition) is 6. The Labute approximate surface area is 320 Å². The van der Waals surface area contributed by atoms with Crippen LogP contribution in [-0.2, 0) is 44.8 Å². The van der Waals surface area contributed by atoms with Crippen molar-refractivity contribution in [1.82, 2.24) is 30.8 Å². The molecular weight excluding hydrogens is 745 g/mol. The molecule has 2 aromatic carbocycles. The Hall–Kier alpha value is -4.19. The normalized spacial score (nSPS) is 19.2. The second-order valence-corrected chi connectivity index (χ2v) is 14.2. The molecule has 0 unspecified atom stereocenters. The number of amides is 3. The lowest BCUT2D eigenvalue weighted by Crippen LogP contribution is -2.57. The summed E-state index contributed by atoms with van der Waals surface area (Å²) in [6, 6.07) is 9.72. The summed E-state index contributed by atoms with van der Waals surface area (Å²) in [5.74, 6) is -1.78. The molecule has 3 heterocycles. The molecule has 4 aromatic rings.